The van der Waals surface area contributed by atoms with E-state index >= 15 is 0 Å². The molecule has 108 valence electrons. The third kappa shape index (κ3) is 2.94. The van der Waals surface area contributed by atoms with E-state index < -0.39 is 10.8 Å². The van der Waals surface area contributed by atoms with Crippen LogP contribution in [0.5, 0.6) is 0 Å². The lowest BCUT2D eigenvalue weighted by Gasteiger charge is -2.17. The molecule has 0 unspecified atom stereocenters. The second kappa shape index (κ2) is 5.95. The molecular formula is C13H13N5O3. The van der Waals surface area contributed by atoms with Gasteiger partial charge in [0, 0.05) is 26.4 Å². The monoisotopic (exact) mass is 287 g/mol. The van der Waals surface area contributed by atoms with Gasteiger partial charge in [-0.1, -0.05) is 0 Å². The zero-order chi connectivity index (χ0) is 15.4. The van der Waals surface area contributed by atoms with Gasteiger partial charge in [0.05, 0.1) is 16.8 Å². The Labute approximate surface area is 120 Å². The van der Waals surface area contributed by atoms with E-state index in [0.29, 0.717) is 11.5 Å². The maximum atomic E-state index is 12.5. The summed E-state index contributed by atoms with van der Waals surface area (Å²) in [6.07, 6.45) is 4.15. The molecule has 0 aromatic carbocycles. The number of nitrogens with zero attached hydrogens (tertiary/aromatic N) is 4. The molecule has 2 aromatic rings. The summed E-state index contributed by atoms with van der Waals surface area (Å²) in [5.74, 6) is -0.128. The third-order valence-electron chi connectivity index (χ3n) is 2.90. The SMILES string of the molecule is CNc1cc(C(=O)N(C)c2cccnc2)c([N+](=O)[O-])cn1. The quantitative estimate of drug-likeness (QED) is 0.678. The average Bonchev–Trinajstić information content (AvgIpc) is 2.53. The summed E-state index contributed by atoms with van der Waals surface area (Å²) in [4.78, 5) is 32.0. The van der Waals surface area contributed by atoms with E-state index in [0.717, 1.165) is 6.20 Å². The van der Waals surface area contributed by atoms with Crippen molar-refractivity contribution in [2.45, 2.75) is 0 Å². The van der Waals surface area contributed by atoms with Gasteiger partial charge >= 0.3 is 0 Å². The highest BCUT2D eigenvalue weighted by molar-refractivity contribution is 6.08. The van der Waals surface area contributed by atoms with Gasteiger partial charge in [0.1, 0.15) is 17.6 Å². The predicted molar refractivity (Wildman–Crippen MR) is 77.4 cm³/mol. The van der Waals surface area contributed by atoms with E-state index in [1.807, 2.05) is 0 Å². The van der Waals surface area contributed by atoms with Gasteiger partial charge < -0.3 is 10.2 Å². The Kier molecular flexibility index (Phi) is 4.07. The number of anilines is 2. The number of carbonyl (C=O) groups excluding carboxylic acids is 1. The van der Waals surface area contributed by atoms with Crippen molar-refractivity contribution in [1.29, 1.82) is 0 Å². The van der Waals surface area contributed by atoms with Crippen molar-refractivity contribution >= 4 is 23.1 Å². The van der Waals surface area contributed by atoms with Crippen molar-refractivity contribution < 1.29 is 9.72 Å². The smallest absolute Gasteiger partial charge is 0.300 e. The molecule has 0 bridgehead atoms. The fourth-order valence-electron chi connectivity index (χ4n) is 1.75. The zero-order valence-electron chi connectivity index (χ0n) is 11.5. The van der Waals surface area contributed by atoms with Gasteiger partial charge in [-0.3, -0.25) is 19.9 Å². The van der Waals surface area contributed by atoms with E-state index in [2.05, 4.69) is 15.3 Å². The minimum Gasteiger partial charge on any atom is -0.373 e. The van der Waals surface area contributed by atoms with Crippen LogP contribution in [0, 0.1) is 10.1 Å². The molecule has 0 atom stereocenters. The topological polar surface area (TPSA) is 101 Å². The van der Waals surface area contributed by atoms with Crippen molar-refractivity contribution in [2.24, 2.45) is 0 Å². The van der Waals surface area contributed by atoms with Crippen molar-refractivity contribution in [3.8, 4) is 0 Å². The van der Waals surface area contributed by atoms with E-state index in [1.165, 1.54) is 24.2 Å². The normalized spacial score (nSPS) is 10.0. The number of nitro groups is 1. The highest BCUT2D eigenvalue weighted by Gasteiger charge is 2.25. The Morgan fingerprint density at radius 2 is 2.19 bits per heavy atom. The molecule has 2 heterocycles. The Morgan fingerprint density at radius 3 is 2.76 bits per heavy atom. The highest BCUT2D eigenvalue weighted by atomic mass is 16.6. The van der Waals surface area contributed by atoms with Crippen LogP contribution in [0.1, 0.15) is 10.4 Å². The minimum absolute atomic E-state index is 0.0364. The first kappa shape index (κ1) is 14.4. The lowest BCUT2D eigenvalue weighted by atomic mass is 10.2. The summed E-state index contributed by atoms with van der Waals surface area (Å²) in [5, 5.41) is 13.8. The summed E-state index contributed by atoms with van der Waals surface area (Å²) in [6, 6.07) is 4.73. The molecule has 1 amide bonds. The van der Waals surface area contributed by atoms with Crippen LogP contribution in [0.15, 0.2) is 36.8 Å². The van der Waals surface area contributed by atoms with Crippen LogP contribution in [-0.2, 0) is 0 Å². The number of hydrogen-bond acceptors (Lipinski definition) is 6. The van der Waals surface area contributed by atoms with E-state index in [-0.39, 0.29) is 11.3 Å². The Bertz CT molecular complexity index is 675. The predicted octanol–water partition coefficient (Wildman–Crippen LogP) is 1.70. The molecular weight excluding hydrogens is 274 g/mol. The number of amides is 1. The molecule has 0 aliphatic heterocycles. The first-order valence-electron chi connectivity index (χ1n) is 6.05. The van der Waals surface area contributed by atoms with Crippen LogP contribution in [0.3, 0.4) is 0 Å². The molecule has 0 saturated heterocycles. The lowest BCUT2D eigenvalue weighted by molar-refractivity contribution is -0.385. The molecule has 8 heteroatoms. The summed E-state index contributed by atoms with van der Waals surface area (Å²) in [5.41, 5.74) is 0.167. The van der Waals surface area contributed by atoms with Gasteiger partial charge in [-0.15, -0.1) is 0 Å². The van der Waals surface area contributed by atoms with Gasteiger partial charge in [0.15, 0.2) is 0 Å². The largest absolute Gasteiger partial charge is 0.373 e. The fourth-order valence-corrected chi connectivity index (χ4v) is 1.75. The maximum absolute atomic E-state index is 12.5. The number of rotatable bonds is 4. The van der Waals surface area contributed by atoms with E-state index in [4.69, 9.17) is 0 Å². The molecule has 0 aliphatic carbocycles. The molecule has 1 N–H and O–H groups in total. The molecule has 0 radical (unpaired) electrons. The summed E-state index contributed by atoms with van der Waals surface area (Å²) in [6.45, 7) is 0. The summed E-state index contributed by atoms with van der Waals surface area (Å²) >= 11 is 0. The second-order valence-electron chi connectivity index (χ2n) is 4.17. The number of pyridine rings is 2. The molecule has 0 fully saturated rings. The van der Waals surface area contributed by atoms with Gasteiger partial charge in [-0.05, 0) is 12.1 Å². The first-order chi connectivity index (χ1) is 10.0. The van der Waals surface area contributed by atoms with Gasteiger partial charge in [0.25, 0.3) is 11.6 Å². The second-order valence-corrected chi connectivity index (χ2v) is 4.17. The molecule has 0 saturated carbocycles. The van der Waals surface area contributed by atoms with Crippen LogP contribution >= 0.6 is 0 Å². The first-order valence-corrected chi connectivity index (χ1v) is 6.05. The number of aromatic nitrogens is 2. The van der Waals surface area contributed by atoms with Crippen molar-refractivity contribution in [2.75, 3.05) is 24.3 Å². The Hall–Kier alpha value is -3.03. The number of hydrogen-bond donors (Lipinski definition) is 1. The van der Waals surface area contributed by atoms with Crippen molar-refractivity contribution in [1.82, 2.24) is 9.97 Å². The number of nitrogens with one attached hydrogen (secondary N) is 1. The van der Waals surface area contributed by atoms with Crippen LogP contribution in [0.25, 0.3) is 0 Å². The highest BCUT2D eigenvalue weighted by Crippen LogP contribution is 2.23. The zero-order valence-corrected chi connectivity index (χ0v) is 11.5. The Balaban J connectivity index is 2.44. The summed E-state index contributed by atoms with van der Waals surface area (Å²) < 4.78 is 0. The van der Waals surface area contributed by atoms with E-state index in [1.54, 1.807) is 25.4 Å². The molecule has 0 aliphatic rings. The summed E-state index contributed by atoms with van der Waals surface area (Å²) in [7, 11) is 3.15. The fraction of sp³-hybridized carbons (Fsp3) is 0.154. The van der Waals surface area contributed by atoms with Gasteiger partial charge in [-0.25, -0.2) is 4.98 Å². The Morgan fingerprint density at radius 1 is 1.43 bits per heavy atom. The maximum Gasteiger partial charge on any atom is 0.300 e. The molecule has 0 spiro atoms. The van der Waals surface area contributed by atoms with Gasteiger partial charge in [-0.2, -0.15) is 0 Å². The molecule has 2 rings (SSSR count). The van der Waals surface area contributed by atoms with Crippen LogP contribution in [-0.4, -0.2) is 34.9 Å². The lowest BCUT2D eigenvalue weighted by Crippen LogP contribution is -2.27. The third-order valence-corrected chi connectivity index (χ3v) is 2.90. The minimum atomic E-state index is -0.628. The number of carbonyl (C=O) groups is 1. The van der Waals surface area contributed by atoms with Crippen molar-refractivity contribution in [3.63, 3.8) is 0 Å². The van der Waals surface area contributed by atoms with Crippen LogP contribution in [0.4, 0.5) is 17.2 Å². The standard InChI is InChI=1S/C13H13N5O3/c1-14-12-6-10(11(8-16-12)18(20)21)13(19)17(2)9-4-3-5-15-7-9/h3-8H,1-2H3,(H,14,16). The van der Waals surface area contributed by atoms with Crippen molar-refractivity contribution in [3.05, 3.63) is 52.5 Å². The van der Waals surface area contributed by atoms with E-state index in [9.17, 15) is 14.9 Å². The average molecular weight is 287 g/mol. The van der Waals surface area contributed by atoms with Crippen LogP contribution < -0.4 is 10.2 Å². The molecule has 21 heavy (non-hydrogen) atoms. The molecule has 2 aromatic heterocycles. The van der Waals surface area contributed by atoms with Crippen LogP contribution in [0.2, 0.25) is 0 Å². The van der Waals surface area contributed by atoms with Gasteiger partial charge in [0.2, 0.25) is 0 Å². The molecule has 8 nitrogen and oxygen atoms in total.